The van der Waals surface area contributed by atoms with E-state index in [9.17, 15) is 9.59 Å². The Morgan fingerprint density at radius 1 is 1.07 bits per heavy atom. The molecule has 1 N–H and O–H groups in total. The summed E-state index contributed by atoms with van der Waals surface area (Å²) in [7, 11) is 0. The Morgan fingerprint density at radius 3 is 2.39 bits per heavy atom. The molecule has 1 aliphatic heterocycles. The quantitative estimate of drug-likeness (QED) is 0.733. The third kappa shape index (κ3) is 3.26. The molecule has 0 aliphatic carbocycles. The van der Waals surface area contributed by atoms with Crippen LogP contribution in [0.15, 0.2) is 41.3 Å². The Labute approximate surface area is 162 Å². The first-order valence-electron chi connectivity index (χ1n) is 9.42. The van der Waals surface area contributed by atoms with Crippen LogP contribution < -0.4 is 10.5 Å². The minimum Gasteiger partial charge on any atom is -0.339 e. The van der Waals surface area contributed by atoms with Crippen molar-refractivity contribution in [2.45, 2.75) is 20.8 Å². The summed E-state index contributed by atoms with van der Waals surface area (Å²) in [6.07, 6.45) is 1.54. The molecule has 2 aromatic heterocycles. The Balaban J connectivity index is 1.62. The van der Waals surface area contributed by atoms with Gasteiger partial charge in [-0.1, -0.05) is 39.0 Å². The van der Waals surface area contributed by atoms with Crippen LogP contribution in [0.1, 0.15) is 20.8 Å². The van der Waals surface area contributed by atoms with Crippen LogP contribution in [-0.2, 0) is 4.79 Å². The number of amides is 1. The molecule has 8 nitrogen and oxygen atoms in total. The van der Waals surface area contributed by atoms with Crippen molar-refractivity contribution in [2.24, 2.45) is 5.41 Å². The molecule has 3 heterocycles. The summed E-state index contributed by atoms with van der Waals surface area (Å²) in [5.74, 6) is 0.657. The van der Waals surface area contributed by atoms with Gasteiger partial charge in [-0.15, -0.1) is 0 Å². The lowest BCUT2D eigenvalue weighted by atomic mass is 9.94. The van der Waals surface area contributed by atoms with Crippen molar-refractivity contribution in [1.82, 2.24) is 24.6 Å². The number of H-pyrrole nitrogens is 1. The van der Waals surface area contributed by atoms with Gasteiger partial charge in [0, 0.05) is 31.6 Å². The minimum atomic E-state index is -0.393. The smallest absolute Gasteiger partial charge is 0.263 e. The lowest BCUT2D eigenvalue weighted by molar-refractivity contribution is -0.139. The van der Waals surface area contributed by atoms with Gasteiger partial charge in [-0.25, -0.2) is 4.68 Å². The minimum absolute atomic E-state index is 0.145. The first kappa shape index (κ1) is 18.2. The number of nitrogens with one attached hydrogen (secondary N) is 1. The third-order valence-electron chi connectivity index (χ3n) is 4.93. The second kappa shape index (κ2) is 6.78. The molecule has 1 aromatic carbocycles. The molecular formula is C20H24N6O2. The number of piperazine rings is 1. The molecule has 0 bridgehead atoms. The molecule has 0 radical (unpaired) electrons. The molecular weight excluding hydrogens is 356 g/mol. The lowest BCUT2D eigenvalue weighted by Crippen LogP contribution is -2.52. The van der Waals surface area contributed by atoms with E-state index in [2.05, 4.69) is 15.1 Å². The first-order chi connectivity index (χ1) is 13.3. The van der Waals surface area contributed by atoms with Gasteiger partial charge in [0.15, 0.2) is 5.65 Å². The van der Waals surface area contributed by atoms with Crippen LogP contribution in [0.3, 0.4) is 0 Å². The number of nitrogens with zero attached hydrogens (tertiary/aromatic N) is 5. The molecule has 0 saturated carbocycles. The number of anilines is 1. The Bertz CT molecular complexity index is 1060. The van der Waals surface area contributed by atoms with Crippen molar-refractivity contribution < 1.29 is 4.79 Å². The summed E-state index contributed by atoms with van der Waals surface area (Å²) >= 11 is 0. The van der Waals surface area contributed by atoms with Crippen LogP contribution >= 0.6 is 0 Å². The summed E-state index contributed by atoms with van der Waals surface area (Å²) in [4.78, 5) is 36.5. The highest BCUT2D eigenvalue weighted by atomic mass is 16.2. The monoisotopic (exact) mass is 380 g/mol. The molecule has 28 heavy (non-hydrogen) atoms. The highest BCUT2D eigenvalue weighted by Gasteiger charge is 2.30. The zero-order valence-corrected chi connectivity index (χ0v) is 16.3. The van der Waals surface area contributed by atoms with E-state index < -0.39 is 5.41 Å². The lowest BCUT2D eigenvalue weighted by Gasteiger charge is -2.37. The number of benzene rings is 1. The number of aromatic amines is 1. The van der Waals surface area contributed by atoms with Crippen molar-refractivity contribution in [3.63, 3.8) is 0 Å². The van der Waals surface area contributed by atoms with E-state index in [-0.39, 0.29) is 11.5 Å². The van der Waals surface area contributed by atoms with Gasteiger partial charge in [-0.2, -0.15) is 10.1 Å². The van der Waals surface area contributed by atoms with Gasteiger partial charge in [0.05, 0.1) is 11.9 Å². The van der Waals surface area contributed by atoms with Gasteiger partial charge in [0.2, 0.25) is 11.9 Å². The number of carbonyl (C=O) groups excluding carboxylic acids is 1. The normalized spacial score (nSPS) is 15.2. The molecule has 1 saturated heterocycles. The van der Waals surface area contributed by atoms with Crippen molar-refractivity contribution in [2.75, 3.05) is 31.1 Å². The molecule has 8 heteroatoms. The first-order valence-corrected chi connectivity index (χ1v) is 9.42. The summed E-state index contributed by atoms with van der Waals surface area (Å²) in [6, 6.07) is 9.61. The number of carbonyl (C=O) groups is 1. The number of para-hydroxylation sites is 1. The van der Waals surface area contributed by atoms with Gasteiger partial charge in [-0.05, 0) is 12.1 Å². The van der Waals surface area contributed by atoms with Crippen LogP contribution in [0.25, 0.3) is 16.7 Å². The van der Waals surface area contributed by atoms with Crippen molar-refractivity contribution >= 4 is 22.9 Å². The van der Waals surface area contributed by atoms with Gasteiger partial charge < -0.3 is 9.80 Å². The van der Waals surface area contributed by atoms with Crippen molar-refractivity contribution in [3.8, 4) is 5.69 Å². The van der Waals surface area contributed by atoms with Crippen LogP contribution in [0.2, 0.25) is 0 Å². The highest BCUT2D eigenvalue weighted by molar-refractivity contribution is 5.82. The fourth-order valence-corrected chi connectivity index (χ4v) is 3.41. The average molecular weight is 380 g/mol. The summed E-state index contributed by atoms with van der Waals surface area (Å²) in [5, 5.41) is 4.79. The molecule has 0 atom stereocenters. The molecule has 4 rings (SSSR count). The molecule has 0 unspecified atom stereocenters. The molecule has 0 spiro atoms. The number of hydrogen-bond donors (Lipinski definition) is 1. The number of hydrogen-bond acceptors (Lipinski definition) is 5. The van der Waals surface area contributed by atoms with Crippen molar-refractivity contribution in [1.29, 1.82) is 0 Å². The SMILES string of the molecule is CC(C)(C)C(=O)N1CCN(c2nc3c(cnn3-c3ccccc3)c(=O)[nH]2)CC1. The second-order valence-electron chi connectivity index (χ2n) is 8.05. The van der Waals surface area contributed by atoms with Crippen LogP contribution in [-0.4, -0.2) is 56.7 Å². The van der Waals surface area contributed by atoms with E-state index in [0.717, 1.165) is 5.69 Å². The Kier molecular flexibility index (Phi) is 4.41. The molecule has 1 amide bonds. The largest absolute Gasteiger partial charge is 0.339 e. The average Bonchev–Trinajstić information content (AvgIpc) is 3.12. The van der Waals surface area contributed by atoms with Gasteiger partial charge >= 0.3 is 0 Å². The van der Waals surface area contributed by atoms with Crippen LogP contribution in [0.5, 0.6) is 0 Å². The van der Waals surface area contributed by atoms with Gasteiger partial charge in [0.1, 0.15) is 5.39 Å². The van der Waals surface area contributed by atoms with E-state index in [0.29, 0.717) is 43.2 Å². The zero-order chi connectivity index (χ0) is 19.9. The fraction of sp³-hybridized carbons (Fsp3) is 0.400. The van der Waals surface area contributed by atoms with E-state index >= 15 is 0 Å². The van der Waals surface area contributed by atoms with E-state index in [1.165, 1.54) is 6.20 Å². The zero-order valence-electron chi connectivity index (χ0n) is 16.3. The van der Waals surface area contributed by atoms with Crippen molar-refractivity contribution in [3.05, 3.63) is 46.9 Å². The predicted octanol–water partition coefficient (Wildman–Crippen LogP) is 1.80. The molecule has 3 aromatic rings. The molecule has 1 aliphatic rings. The third-order valence-corrected chi connectivity index (χ3v) is 4.93. The topological polar surface area (TPSA) is 87.1 Å². The Morgan fingerprint density at radius 2 is 1.75 bits per heavy atom. The summed E-state index contributed by atoms with van der Waals surface area (Å²) < 4.78 is 1.67. The van der Waals surface area contributed by atoms with E-state index in [1.54, 1.807) is 4.68 Å². The standard InChI is InChI=1S/C20H24N6O2/c1-20(2,3)18(28)24-9-11-25(12-10-24)19-22-16-15(17(27)23-19)13-21-26(16)14-7-5-4-6-8-14/h4-8,13H,9-12H2,1-3H3,(H,22,23,27). The van der Waals surface area contributed by atoms with Crippen LogP contribution in [0.4, 0.5) is 5.95 Å². The molecule has 1 fully saturated rings. The van der Waals surface area contributed by atoms with E-state index in [4.69, 9.17) is 0 Å². The number of rotatable bonds is 2. The molecule has 146 valence electrons. The maximum absolute atomic E-state index is 12.6. The number of aromatic nitrogens is 4. The van der Waals surface area contributed by atoms with Gasteiger partial charge in [0.25, 0.3) is 5.56 Å². The maximum atomic E-state index is 12.6. The van der Waals surface area contributed by atoms with E-state index in [1.807, 2.05) is 60.9 Å². The predicted molar refractivity (Wildman–Crippen MR) is 108 cm³/mol. The highest BCUT2D eigenvalue weighted by Crippen LogP contribution is 2.21. The maximum Gasteiger partial charge on any atom is 0.263 e. The summed E-state index contributed by atoms with van der Waals surface area (Å²) in [6.45, 7) is 8.25. The summed E-state index contributed by atoms with van der Waals surface area (Å²) in [5.41, 5.74) is 0.770. The second-order valence-corrected chi connectivity index (χ2v) is 8.05. The van der Waals surface area contributed by atoms with Crippen LogP contribution in [0, 0.1) is 5.41 Å². The Hall–Kier alpha value is -3.16. The van der Waals surface area contributed by atoms with Gasteiger partial charge in [-0.3, -0.25) is 14.6 Å². The fourth-order valence-electron chi connectivity index (χ4n) is 3.41. The number of fused-ring (bicyclic) bond motifs is 1.